The first-order valence-corrected chi connectivity index (χ1v) is 11.9. The quantitative estimate of drug-likeness (QED) is 0.443. The molecule has 2 heterocycles. The van der Waals surface area contributed by atoms with Crippen molar-refractivity contribution >= 4 is 17.3 Å². The molecule has 4 nitrogen and oxygen atoms in total. The van der Waals surface area contributed by atoms with E-state index in [-0.39, 0.29) is 0 Å². The van der Waals surface area contributed by atoms with Gasteiger partial charge in [0.25, 0.3) is 0 Å². The van der Waals surface area contributed by atoms with Crippen LogP contribution in [-0.4, -0.2) is 34.7 Å². The van der Waals surface area contributed by atoms with Crippen molar-refractivity contribution in [3.05, 3.63) is 76.2 Å². The SMILES string of the molecule is CC(C)(Oc1ccc2c(c1)CCN(Cc1ccc(-c3ccc(C(F)(F)F)cc3)s1)CC2)C(=O)O. The van der Waals surface area contributed by atoms with E-state index >= 15 is 0 Å². The molecule has 0 aliphatic carbocycles. The topological polar surface area (TPSA) is 49.8 Å². The van der Waals surface area contributed by atoms with Crippen LogP contribution in [0.1, 0.15) is 35.4 Å². The fraction of sp³-hybridized carbons (Fsp3) is 0.346. The number of ether oxygens (including phenoxy) is 1. The first kappa shape index (κ1) is 24.3. The number of carbonyl (C=O) groups is 1. The molecule has 0 atom stereocenters. The number of alkyl halides is 3. The van der Waals surface area contributed by atoms with E-state index < -0.39 is 23.3 Å². The number of nitrogens with zero attached hydrogens (tertiary/aromatic N) is 1. The van der Waals surface area contributed by atoms with Crippen molar-refractivity contribution in [2.75, 3.05) is 13.1 Å². The van der Waals surface area contributed by atoms with Gasteiger partial charge in [-0.15, -0.1) is 11.3 Å². The van der Waals surface area contributed by atoms with Gasteiger partial charge in [0.1, 0.15) is 5.75 Å². The van der Waals surface area contributed by atoms with Crippen LogP contribution in [0.5, 0.6) is 5.75 Å². The van der Waals surface area contributed by atoms with Crippen molar-refractivity contribution in [1.29, 1.82) is 0 Å². The summed E-state index contributed by atoms with van der Waals surface area (Å²) in [5.41, 5.74) is 1.24. The molecule has 2 aromatic carbocycles. The maximum atomic E-state index is 12.8. The minimum atomic E-state index is -4.33. The Labute approximate surface area is 200 Å². The Morgan fingerprint density at radius 1 is 1.00 bits per heavy atom. The summed E-state index contributed by atoms with van der Waals surface area (Å²) in [5, 5.41) is 9.30. The lowest BCUT2D eigenvalue weighted by molar-refractivity contribution is -0.152. The molecular formula is C26H26F3NO3S. The fourth-order valence-electron chi connectivity index (χ4n) is 3.97. The molecule has 4 rings (SSSR count). The van der Waals surface area contributed by atoms with E-state index in [1.165, 1.54) is 31.5 Å². The molecule has 1 aromatic heterocycles. The Hall–Kier alpha value is -2.84. The zero-order chi connectivity index (χ0) is 24.5. The van der Waals surface area contributed by atoms with Gasteiger partial charge in [-0.3, -0.25) is 4.90 Å². The highest BCUT2D eigenvalue weighted by Crippen LogP contribution is 2.34. The second-order valence-corrected chi connectivity index (χ2v) is 10.1. The molecule has 3 aromatic rings. The molecule has 0 fully saturated rings. The minimum absolute atomic E-state index is 0.555. The fourth-order valence-corrected chi connectivity index (χ4v) is 5.03. The molecule has 0 unspecified atom stereocenters. The average molecular weight is 490 g/mol. The Morgan fingerprint density at radius 3 is 2.32 bits per heavy atom. The van der Waals surface area contributed by atoms with E-state index in [9.17, 15) is 23.1 Å². The molecule has 0 saturated carbocycles. The van der Waals surface area contributed by atoms with Gasteiger partial charge in [0.2, 0.25) is 0 Å². The number of hydrogen-bond acceptors (Lipinski definition) is 4. The number of halogens is 3. The zero-order valence-electron chi connectivity index (χ0n) is 19.0. The molecule has 0 radical (unpaired) electrons. The van der Waals surface area contributed by atoms with Gasteiger partial charge in [-0.05, 0) is 79.8 Å². The molecule has 8 heteroatoms. The van der Waals surface area contributed by atoms with Crippen molar-refractivity contribution in [3.63, 3.8) is 0 Å². The molecule has 0 bridgehead atoms. The van der Waals surface area contributed by atoms with Crippen LogP contribution in [0.25, 0.3) is 10.4 Å². The van der Waals surface area contributed by atoms with Crippen LogP contribution in [0.3, 0.4) is 0 Å². The maximum absolute atomic E-state index is 12.8. The lowest BCUT2D eigenvalue weighted by Gasteiger charge is -2.22. The van der Waals surface area contributed by atoms with Crippen molar-refractivity contribution in [1.82, 2.24) is 4.90 Å². The third-order valence-corrected chi connectivity index (χ3v) is 7.12. The number of hydrogen-bond donors (Lipinski definition) is 1. The molecule has 180 valence electrons. The number of aliphatic carboxylic acids is 1. The summed E-state index contributed by atoms with van der Waals surface area (Å²) in [7, 11) is 0. The summed E-state index contributed by atoms with van der Waals surface area (Å²) in [6.07, 6.45) is -2.62. The van der Waals surface area contributed by atoms with Gasteiger partial charge >= 0.3 is 12.1 Å². The monoisotopic (exact) mass is 489 g/mol. The number of carboxylic acid groups (broad SMARTS) is 1. The molecule has 1 aliphatic heterocycles. The highest BCUT2D eigenvalue weighted by Gasteiger charge is 2.30. The van der Waals surface area contributed by atoms with Crippen LogP contribution in [0.4, 0.5) is 13.2 Å². The van der Waals surface area contributed by atoms with E-state index in [1.54, 1.807) is 11.3 Å². The van der Waals surface area contributed by atoms with Crippen LogP contribution in [-0.2, 0) is 30.4 Å². The van der Waals surface area contributed by atoms with Gasteiger partial charge in [0, 0.05) is 29.4 Å². The van der Waals surface area contributed by atoms with E-state index in [0.717, 1.165) is 65.5 Å². The van der Waals surface area contributed by atoms with Crippen molar-refractivity contribution in [2.45, 2.75) is 45.0 Å². The predicted molar refractivity (Wildman–Crippen MR) is 126 cm³/mol. The van der Waals surface area contributed by atoms with Gasteiger partial charge in [-0.1, -0.05) is 18.2 Å². The van der Waals surface area contributed by atoms with Crippen LogP contribution >= 0.6 is 11.3 Å². The molecule has 1 aliphatic rings. The summed E-state index contributed by atoms with van der Waals surface area (Å²) in [6.45, 7) is 5.58. The minimum Gasteiger partial charge on any atom is -0.478 e. The second-order valence-electron chi connectivity index (χ2n) is 8.97. The summed E-state index contributed by atoms with van der Waals surface area (Å²) < 4.78 is 44.1. The first-order chi connectivity index (χ1) is 16.0. The van der Waals surface area contributed by atoms with E-state index in [2.05, 4.69) is 4.90 Å². The third-order valence-electron chi connectivity index (χ3n) is 6.00. The Bertz CT molecular complexity index is 1170. The number of rotatable bonds is 6. The molecular weight excluding hydrogens is 463 g/mol. The molecule has 0 amide bonds. The molecule has 0 saturated heterocycles. The Balaban J connectivity index is 1.39. The summed E-state index contributed by atoms with van der Waals surface area (Å²) in [6, 6.07) is 15.1. The Morgan fingerprint density at radius 2 is 1.68 bits per heavy atom. The molecule has 1 N–H and O–H groups in total. The third kappa shape index (κ3) is 5.62. The number of fused-ring (bicyclic) bond motifs is 1. The van der Waals surface area contributed by atoms with Gasteiger partial charge < -0.3 is 9.84 Å². The maximum Gasteiger partial charge on any atom is 0.416 e. The molecule has 34 heavy (non-hydrogen) atoms. The number of benzene rings is 2. The standard InChI is InChI=1S/C26H26F3NO3S/c1-25(2,24(31)32)33-21-8-5-17-11-13-30(14-12-19(17)15-21)16-22-9-10-23(34-22)18-3-6-20(7-4-18)26(27,28)29/h3-10,15H,11-14,16H2,1-2H3,(H,31,32). The summed E-state index contributed by atoms with van der Waals surface area (Å²) in [4.78, 5) is 15.8. The lowest BCUT2D eigenvalue weighted by Crippen LogP contribution is -2.37. The van der Waals surface area contributed by atoms with Gasteiger partial charge in [-0.25, -0.2) is 4.79 Å². The van der Waals surface area contributed by atoms with Gasteiger partial charge in [0.15, 0.2) is 5.60 Å². The van der Waals surface area contributed by atoms with Gasteiger partial charge in [-0.2, -0.15) is 13.2 Å². The van der Waals surface area contributed by atoms with Crippen LogP contribution in [0.15, 0.2) is 54.6 Å². The van der Waals surface area contributed by atoms with E-state index in [0.29, 0.717) is 5.75 Å². The highest BCUT2D eigenvalue weighted by molar-refractivity contribution is 7.15. The zero-order valence-corrected chi connectivity index (χ0v) is 19.8. The summed E-state index contributed by atoms with van der Waals surface area (Å²) in [5.74, 6) is -0.459. The molecule has 0 spiro atoms. The highest BCUT2D eigenvalue weighted by atomic mass is 32.1. The second kappa shape index (κ2) is 9.43. The van der Waals surface area contributed by atoms with Crippen LogP contribution < -0.4 is 4.74 Å². The van der Waals surface area contributed by atoms with Crippen molar-refractivity contribution < 1.29 is 27.8 Å². The Kier molecular flexibility index (Phi) is 6.73. The van der Waals surface area contributed by atoms with Crippen LogP contribution in [0.2, 0.25) is 0 Å². The number of thiophene rings is 1. The van der Waals surface area contributed by atoms with Crippen LogP contribution in [0, 0.1) is 0 Å². The first-order valence-electron chi connectivity index (χ1n) is 11.0. The predicted octanol–water partition coefficient (Wildman–Crippen LogP) is 6.28. The normalized spacial score (nSPS) is 15.0. The van der Waals surface area contributed by atoms with Crippen molar-refractivity contribution in [3.8, 4) is 16.2 Å². The largest absolute Gasteiger partial charge is 0.478 e. The number of carboxylic acids is 1. The lowest BCUT2D eigenvalue weighted by atomic mass is 10.0. The van der Waals surface area contributed by atoms with Crippen molar-refractivity contribution in [2.24, 2.45) is 0 Å². The smallest absolute Gasteiger partial charge is 0.416 e. The van der Waals surface area contributed by atoms with E-state index in [1.807, 2.05) is 30.3 Å². The average Bonchev–Trinajstić information content (AvgIpc) is 3.15. The summed E-state index contributed by atoms with van der Waals surface area (Å²) >= 11 is 1.60. The van der Waals surface area contributed by atoms with Gasteiger partial charge in [0.05, 0.1) is 5.56 Å². The van der Waals surface area contributed by atoms with E-state index in [4.69, 9.17) is 4.74 Å².